The maximum absolute atomic E-state index is 11.5. The molecule has 1 unspecified atom stereocenters. The van der Waals surface area contributed by atoms with Crippen molar-refractivity contribution in [1.29, 1.82) is 0 Å². The summed E-state index contributed by atoms with van der Waals surface area (Å²) in [5, 5.41) is 9.53. The molecule has 0 bridgehead atoms. The summed E-state index contributed by atoms with van der Waals surface area (Å²) in [7, 11) is 0. The topological polar surface area (TPSA) is 73.5 Å². The van der Waals surface area contributed by atoms with Gasteiger partial charge in [0.05, 0.1) is 0 Å². The first-order valence-corrected chi connectivity index (χ1v) is 6.30. The lowest BCUT2D eigenvalue weighted by atomic mass is 10.1. The number of carbonyl (C=O) groups excluding carboxylic acids is 2. The molecule has 1 fully saturated rings. The van der Waals surface area contributed by atoms with Gasteiger partial charge in [0, 0.05) is 45.2 Å². The van der Waals surface area contributed by atoms with E-state index in [9.17, 15) is 9.59 Å². The highest BCUT2D eigenvalue weighted by Crippen LogP contribution is 1.93. The predicted molar refractivity (Wildman–Crippen MR) is 69.9 cm³/mol. The Labute approximate surface area is 108 Å². The summed E-state index contributed by atoms with van der Waals surface area (Å²) in [6.07, 6.45) is 3.30. The second kappa shape index (κ2) is 8.66. The minimum absolute atomic E-state index is 0.0348. The van der Waals surface area contributed by atoms with Crippen LogP contribution in [-0.4, -0.2) is 56.0 Å². The standard InChI is InChI=1S/C12H22N4O2/c1-2-16(10-17)8-4-12(18)15-5-3-11-9-13-6-7-14-11/h2,10-11,13-14H,1,3-9H2,(H,15,18). The second-order valence-electron chi connectivity index (χ2n) is 4.27. The van der Waals surface area contributed by atoms with Crippen molar-refractivity contribution in [3.8, 4) is 0 Å². The zero-order chi connectivity index (χ0) is 13.2. The van der Waals surface area contributed by atoms with Gasteiger partial charge < -0.3 is 20.9 Å². The fraction of sp³-hybridized carbons (Fsp3) is 0.667. The molecule has 1 aliphatic rings. The van der Waals surface area contributed by atoms with Crippen LogP contribution >= 0.6 is 0 Å². The average molecular weight is 254 g/mol. The van der Waals surface area contributed by atoms with Gasteiger partial charge >= 0.3 is 0 Å². The van der Waals surface area contributed by atoms with Crippen molar-refractivity contribution in [2.24, 2.45) is 0 Å². The summed E-state index contributed by atoms with van der Waals surface area (Å²) in [5.74, 6) is -0.0348. The smallest absolute Gasteiger partial charge is 0.221 e. The van der Waals surface area contributed by atoms with E-state index < -0.39 is 0 Å². The van der Waals surface area contributed by atoms with Gasteiger partial charge in [-0.25, -0.2) is 0 Å². The van der Waals surface area contributed by atoms with Crippen LogP contribution in [0.4, 0.5) is 0 Å². The monoisotopic (exact) mass is 254 g/mol. The number of amides is 2. The lowest BCUT2D eigenvalue weighted by Gasteiger charge is -2.24. The van der Waals surface area contributed by atoms with Gasteiger partial charge in [0.1, 0.15) is 0 Å². The van der Waals surface area contributed by atoms with E-state index in [2.05, 4.69) is 22.5 Å². The second-order valence-corrected chi connectivity index (χ2v) is 4.27. The van der Waals surface area contributed by atoms with E-state index in [4.69, 9.17) is 0 Å². The van der Waals surface area contributed by atoms with Gasteiger partial charge in [-0.2, -0.15) is 0 Å². The van der Waals surface area contributed by atoms with Crippen LogP contribution in [0.5, 0.6) is 0 Å². The molecule has 6 nitrogen and oxygen atoms in total. The number of hydrogen-bond acceptors (Lipinski definition) is 4. The summed E-state index contributed by atoms with van der Waals surface area (Å²) >= 11 is 0. The number of hydrogen-bond donors (Lipinski definition) is 3. The van der Waals surface area contributed by atoms with Crippen LogP contribution < -0.4 is 16.0 Å². The van der Waals surface area contributed by atoms with Crippen LogP contribution in [0, 0.1) is 0 Å². The number of rotatable bonds is 8. The van der Waals surface area contributed by atoms with Gasteiger partial charge in [-0.15, -0.1) is 0 Å². The summed E-state index contributed by atoms with van der Waals surface area (Å²) in [6, 6.07) is 0.429. The zero-order valence-corrected chi connectivity index (χ0v) is 10.7. The summed E-state index contributed by atoms with van der Waals surface area (Å²) in [4.78, 5) is 23.3. The van der Waals surface area contributed by atoms with Crippen molar-refractivity contribution in [3.63, 3.8) is 0 Å². The number of nitrogens with one attached hydrogen (secondary N) is 3. The molecule has 1 aliphatic heterocycles. The van der Waals surface area contributed by atoms with Gasteiger partial charge in [0.25, 0.3) is 0 Å². The van der Waals surface area contributed by atoms with Crippen molar-refractivity contribution in [2.45, 2.75) is 18.9 Å². The quantitative estimate of drug-likeness (QED) is 0.488. The Kier molecular flexibility index (Phi) is 7.05. The maximum Gasteiger partial charge on any atom is 0.221 e. The molecule has 0 aromatic heterocycles. The third-order valence-corrected chi connectivity index (χ3v) is 2.91. The molecule has 2 amide bonds. The molecular formula is C12H22N4O2. The van der Waals surface area contributed by atoms with Crippen molar-refractivity contribution < 1.29 is 9.59 Å². The number of nitrogens with zero attached hydrogens (tertiary/aromatic N) is 1. The van der Waals surface area contributed by atoms with Crippen LogP contribution in [0.25, 0.3) is 0 Å². The summed E-state index contributed by atoms with van der Waals surface area (Å²) in [6.45, 7) is 7.45. The lowest BCUT2D eigenvalue weighted by molar-refractivity contribution is -0.122. The zero-order valence-electron chi connectivity index (χ0n) is 10.7. The molecule has 102 valence electrons. The van der Waals surface area contributed by atoms with E-state index in [0.29, 0.717) is 32.0 Å². The third kappa shape index (κ3) is 5.79. The Morgan fingerprint density at radius 2 is 2.33 bits per heavy atom. The van der Waals surface area contributed by atoms with Crippen molar-refractivity contribution in [3.05, 3.63) is 12.8 Å². The fourth-order valence-corrected chi connectivity index (χ4v) is 1.81. The lowest BCUT2D eigenvalue weighted by Crippen LogP contribution is -2.49. The molecule has 1 heterocycles. The molecule has 0 radical (unpaired) electrons. The summed E-state index contributed by atoms with van der Waals surface area (Å²) in [5.41, 5.74) is 0. The Morgan fingerprint density at radius 1 is 1.50 bits per heavy atom. The SMILES string of the molecule is C=CN(C=O)CCC(=O)NCCC1CNCCN1. The average Bonchev–Trinajstić information content (AvgIpc) is 2.41. The molecule has 1 rings (SSSR count). The van der Waals surface area contributed by atoms with Gasteiger partial charge in [0.2, 0.25) is 12.3 Å². The predicted octanol–water partition coefficient (Wildman–Crippen LogP) is -0.954. The molecule has 0 saturated carbocycles. The fourth-order valence-electron chi connectivity index (χ4n) is 1.81. The van der Waals surface area contributed by atoms with E-state index in [1.807, 2.05) is 0 Å². The number of carbonyl (C=O) groups is 2. The van der Waals surface area contributed by atoms with E-state index in [1.165, 1.54) is 11.1 Å². The van der Waals surface area contributed by atoms with E-state index in [0.717, 1.165) is 26.1 Å². The first kappa shape index (κ1) is 14.7. The van der Waals surface area contributed by atoms with Gasteiger partial charge in [-0.05, 0) is 12.6 Å². The minimum Gasteiger partial charge on any atom is -0.356 e. The Balaban J connectivity index is 2.05. The normalized spacial score (nSPS) is 19.0. The molecule has 1 saturated heterocycles. The van der Waals surface area contributed by atoms with E-state index in [1.54, 1.807) is 0 Å². The van der Waals surface area contributed by atoms with Crippen molar-refractivity contribution >= 4 is 12.3 Å². The Hall–Kier alpha value is -1.40. The molecule has 3 N–H and O–H groups in total. The largest absolute Gasteiger partial charge is 0.356 e. The Morgan fingerprint density at radius 3 is 2.94 bits per heavy atom. The number of piperazine rings is 1. The molecule has 0 aliphatic carbocycles. The highest BCUT2D eigenvalue weighted by molar-refractivity contribution is 5.76. The van der Waals surface area contributed by atoms with Crippen LogP contribution in [0.15, 0.2) is 12.8 Å². The van der Waals surface area contributed by atoms with E-state index >= 15 is 0 Å². The molecule has 6 heteroatoms. The minimum atomic E-state index is -0.0348. The molecule has 0 aromatic rings. The molecule has 1 atom stereocenters. The van der Waals surface area contributed by atoms with Crippen LogP contribution in [-0.2, 0) is 9.59 Å². The maximum atomic E-state index is 11.5. The highest BCUT2D eigenvalue weighted by Gasteiger charge is 2.11. The van der Waals surface area contributed by atoms with Gasteiger partial charge in [0.15, 0.2) is 0 Å². The van der Waals surface area contributed by atoms with Crippen LogP contribution in [0.2, 0.25) is 0 Å². The third-order valence-electron chi connectivity index (χ3n) is 2.91. The first-order valence-electron chi connectivity index (χ1n) is 6.30. The highest BCUT2D eigenvalue weighted by atomic mass is 16.2. The van der Waals surface area contributed by atoms with Crippen molar-refractivity contribution in [2.75, 3.05) is 32.7 Å². The van der Waals surface area contributed by atoms with Crippen molar-refractivity contribution in [1.82, 2.24) is 20.9 Å². The Bertz CT molecular complexity index is 269. The molecule has 18 heavy (non-hydrogen) atoms. The van der Waals surface area contributed by atoms with Crippen LogP contribution in [0.1, 0.15) is 12.8 Å². The molecule has 0 aromatic carbocycles. The van der Waals surface area contributed by atoms with Gasteiger partial charge in [-0.1, -0.05) is 6.58 Å². The van der Waals surface area contributed by atoms with Crippen LogP contribution in [0.3, 0.4) is 0 Å². The molecular weight excluding hydrogens is 232 g/mol. The molecule has 0 spiro atoms. The van der Waals surface area contributed by atoms with Gasteiger partial charge in [-0.3, -0.25) is 9.59 Å². The first-order chi connectivity index (χ1) is 8.76. The van der Waals surface area contributed by atoms with E-state index in [-0.39, 0.29) is 5.91 Å². The summed E-state index contributed by atoms with van der Waals surface area (Å²) < 4.78 is 0.